The van der Waals surface area contributed by atoms with Crippen LogP contribution in [0, 0.1) is 13.8 Å². The molecule has 0 bridgehead atoms. The van der Waals surface area contributed by atoms with Crippen molar-refractivity contribution >= 4 is 16.9 Å². The summed E-state index contributed by atoms with van der Waals surface area (Å²) >= 11 is 0. The number of aromatic nitrogens is 3. The maximum atomic E-state index is 13.2. The Bertz CT molecular complexity index is 1050. The molecule has 4 rings (SSSR count). The van der Waals surface area contributed by atoms with E-state index in [4.69, 9.17) is 4.74 Å². The number of methoxy groups -OCH3 is 1. The van der Waals surface area contributed by atoms with Crippen LogP contribution in [0.2, 0.25) is 0 Å². The van der Waals surface area contributed by atoms with Gasteiger partial charge in [0.2, 0.25) is 0 Å². The van der Waals surface area contributed by atoms with E-state index in [-0.39, 0.29) is 11.9 Å². The second-order valence-corrected chi connectivity index (χ2v) is 7.96. The standard InChI is InChI=1S/C23H29N5O2/c1-15-13-19(21-16(2)26-27(3)22(21)25-15)23(29)24-14-20(28-11-5-6-12-28)17-7-9-18(30-4)10-8-17/h7-10,13,20H,5-6,11-12,14H2,1-4H3,(H,24,29). The molecule has 0 radical (unpaired) electrons. The number of amides is 1. The lowest BCUT2D eigenvalue weighted by Crippen LogP contribution is -2.37. The van der Waals surface area contributed by atoms with Gasteiger partial charge >= 0.3 is 0 Å². The molecule has 1 N–H and O–H groups in total. The number of pyridine rings is 1. The SMILES string of the molecule is COc1ccc(C(CNC(=O)c2cc(C)nc3c2c(C)nn3C)N2CCCC2)cc1. The summed E-state index contributed by atoms with van der Waals surface area (Å²) in [7, 11) is 3.53. The Balaban J connectivity index is 1.59. The highest BCUT2D eigenvalue weighted by Gasteiger charge is 2.25. The number of aryl methyl sites for hydroxylation is 3. The Hall–Kier alpha value is -2.93. The van der Waals surface area contributed by atoms with E-state index in [1.807, 2.05) is 39.1 Å². The molecule has 1 saturated heterocycles. The lowest BCUT2D eigenvalue weighted by Gasteiger charge is -2.28. The molecule has 158 valence electrons. The average molecular weight is 408 g/mol. The summed E-state index contributed by atoms with van der Waals surface area (Å²) in [6, 6.07) is 10.1. The Morgan fingerprint density at radius 2 is 1.90 bits per heavy atom. The number of benzene rings is 1. The fourth-order valence-corrected chi connectivity index (χ4v) is 4.37. The quantitative estimate of drug-likeness (QED) is 0.680. The van der Waals surface area contributed by atoms with Gasteiger partial charge in [-0.3, -0.25) is 14.4 Å². The number of hydrogen-bond donors (Lipinski definition) is 1. The summed E-state index contributed by atoms with van der Waals surface area (Å²) < 4.78 is 7.03. The van der Waals surface area contributed by atoms with Gasteiger partial charge in [0, 0.05) is 19.3 Å². The molecule has 1 aromatic carbocycles. The molecule has 1 aliphatic heterocycles. The number of likely N-dealkylation sites (tertiary alicyclic amines) is 1. The van der Waals surface area contributed by atoms with Gasteiger partial charge in [-0.05, 0) is 63.5 Å². The fraction of sp³-hybridized carbons (Fsp3) is 0.435. The minimum atomic E-state index is -0.0840. The van der Waals surface area contributed by atoms with Crippen LogP contribution in [0.1, 0.15) is 46.2 Å². The summed E-state index contributed by atoms with van der Waals surface area (Å²) in [5.74, 6) is 0.754. The summed E-state index contributed by atoms with van der Waals surface area (Å²) in [5.41, 5.74) is 4.19. The van der Waals surface area contributed by atoms with Crippen LogP contribution >= 0.6 is 0 Å². The van der Waals surface area contributed by atoms with Gasteiger partial charge < -0.3 is 10.1 Å². The predicted octanol–water partition coefficient (Wildman–Crippen LogP) is 3.16. The first-order valence-electron chi connectivity index (χ1n) is 10.4. The summed E-state index contributed by atoms with van der Waals surface area (Å²) in [5, 5.41) is 8.45. The molecule has 3 heterocycles. The zero-order valence-electron chi connectivity index (χ0n) is 18.1. The lowest BCUT2D eigenvalue weighted by atomic mass is 10.0. The van der Waals surface area contributed by atoms with Gasteiger partial charge in [0.1, 0.15) is 5.75 Å². The van der Waals surface area contributed by atoms with E-state index in [1.165, 1.54) is 18.4 Å². The van der Waals surface area contributed by atoms with E-state index in [0.29, 0.717) is 12.1 Å². The first kappa shape index (κ1) is 20.3. The Labute approximate surface area is 177 Å². The third kappa shape index (κ3) is 3.89. The highest BCUT2D eigenvalue weighted by Crippen LogP contribution is 2.27. The number of fused-ring (bicyclic) bond motifs is 1. The minimum Gasteiger partial charge on any atom is -0.497 e. The van der Waals surface area contributed by atoms with Crippen LogP contribution in [0.3, 0.4) is 0 Å². The number of nitrogens with zero attached hydrogens (tertiary/aromatic N) is 4. The van der Waals surface area contributed by atoms with E-state index >= 15 is 0 Å². The summed E-state index contributed by atoms with van der Waals surface area (Å²) in [6.45, 7) is 6.47. The predicted molar refractivity (Wildman–Crippen MR) is 117 cm³/mol. The molecule has 1 aliphatic rings. The topological polar surface area (TPSA) is 72.3 Å². The van der Waals surface area contributed by atoms with Gasteiger partial charge in [0.05, 0.1) is 29.8 Å². The molecule has 0 spiro atoms. The molecule has 30 heavy (non-hydrogen) atoms. The maximum absolute atomic E-state index is 13.2. The molecule has 7 nitrogen and oxygen atoms in total. The smallest absolute Gasteiger partial charge is 0.252 e. The van der Waals surface area contributed by atoms with Crippen LogP contribution in [0.25, 0.3) is 11.0 Å². The monoisotopic (exact) mass is 407 g/mol. The first-order valence-corrected chi connectivity index (χ1v) is 10.4. The molecule has 2 aromatic heterocycles. The highest BCUT2D eigenvalue weighted by molar-refractivity contribution is 6.06. The molecule has 1 amide bonds. The van der Waals surface area contributed by atoms with Crippen molar-refractivity contribution in [2.45, 2.75) is 32.7 Å². The number of ether oxygens (including phenoxy) is 1. The van der Waals surface area contributed by atoms with Crippen molar-refractivity contribution < 1.29 is 9.53 Å². The molecule has 1 fully saturated rings. The van der Waals surface area contributed by atoms with Crippen molar-refractivity contribution in [3.63, 3.8) is 0 Å². The first-order chi connectivity index (χ1) is 14.5. The van der Waals surface area contributed by atoms with E-state index < -0.39 is 0 Å². The Kier molecular flexibility index (Phi) is 5.72. The van der Waals surface area contributed by atoms with Crippen molar-refractivity contribution in [3.8, 4) is 5.75 Å². The molecule has 7 heteroatoms. The van der Waals surface area contributed by atoms with Crippen LogP contribution in [0.4, 0.5) is 0 Å². The number of hydrogen-bond acceptors (Lipinski definition) is 5. The van der Waals surface area contributed by atoms with E-state index in [1.54, 1.807) is 11.8 Å². The minimum absolute atomic E-state index is 0.0840. The number of carbonyl (C=O) groups is 1. The van der Waals surface area contributed by atoms with Crippen molar-refractivity contribution in [3.05, 3.63) is 52.8 Å². The third-order valence-electron chi connectivity index (χ3n) is 5.88. The summed E-state index contributed by atoms with van der Waals surface area (Å²) in [6.07, 6.45) is 2.39. The molecular weight excluding hydrogens is 378 g/mol. The zero-order valence-corrected chi connectivity index (χ0v) is 18.1. The van der Waals surface area contributed by atoms with Crippen LogP contribution in [-0.2, 0) is 7.05 Å². The van der Waals surface area contributed by atoms with Gasteiger partial charge in [-0.2, -0.15) is 5.10 Å². The van der Waals surface area contributed by atoms with Gasteiger partial charge in [-0.25, -0.2) is 4.98 Å². The molecule has 0 saturated carbocycles. The lowest BCUT2D eigenvalue weighted by molar-refractivity contribution is 0.0939. The Morgan fingerprint density at radius 3 is 2.57 bits per heavy atom. The van der Waals surface area contributed by atoms with Crippen molar-refractivity contribution in [1.82, 2.24) is 25.0 Å². The van der Waals surface area contributed by atoms with E-state index in [9.17, 15) is 4.79 Å². The van der Waals surface area contributed by atoms with Crippen LogP contribution in [0.15, 0.2) is 30.3 Å². The van der Waals surface area contributed by atoms with Gasteiger partial charge in [0.15, 0.2) is 5.65 Å². The third-order valence-corrected chi connectivity index (χ3v) is 5.88. The van der Waals surface area contributed by atoms with Crippen LogP contribution in [0.5, 0.6) is 5.75 Å². The maximum Gasteiger partial charge on any atom is 0.252 e. The normalized spacial score (nSPS) is 15.5. The number of rotatable bonds is 6. The second-order valence-electron chi connectivity index (χ2n) is 7.96. The zero-order chi connectivity index (χ0) is 21.3. The van der Waals surface area contributed by atoms with Crippen molar-refractivity contribution in [2.75, 3.05) is 26.7 Å². The van der Waals surface area contributed by atoms with Crippen molar-refractivity contribution in [1.29, 1.82) is 0 Å². The number of carbonyl (C=O) groups excluding carboxylic acids is 1. The molecule has 0 aliphatic carbocycles. The number of nitrogens with one attached hydrogen (secondary N) is 1. The van der Waals surface area contributed by atoms with E-state index in [2.05, 4.69) is 32.4 Å². The second kappa shape index (κ2) is 8.44. The molecule has 1 unspecified atom stereocenters. The van der Waals surface area contributed by atoms with Crippen LogP contribution in [-0.4, -0.2) is 52.3 Å². The Morgan fingerprint density at radius 1 is 1.20 bits per heavy atom. The molecule has 3 aromatic rings. The largest absolute Gasteiger partial charge is 0.497 e. The summed E-state index contributed by atoms with van der Waals surface area (Å²) in [4.78, 5) is 20.2. The molecule has 1 atom stereocenters. The van der Waals surface area contributed by atoms with Gasteiger partial charge in [0.25, 0.3) is 5.91 Å². The molecular formula is C23H29N5O2. The van der Waals surface area contributed by atoms with Gasteiger partial charge in [-0.15, -0.1) is 0 Å². The highest BCUT2D eigenvalue weighted by atomic mass is 16.5. The van der Waals surface area contributed by atoms with Gasteiger partial charge in [-0.1, -0.05) is 12.1 Å². The van der Waals surface area contributed by atoms with Crippen molar-refractivity contribution in [2.24, 2.45) is 7.05 Å². The van der Waals surface area contributed by atoms with E-state index in [0.717, 1.165) is 41.3 Å². The fourth-order valence-electron chi connectivity index (χ4n) is 4.37. The average Bonchev–Trinajstić information content (AvgIpc) is 3.36. The van der Waals surface area contributed by atoms with Crippen LogP contribution < -0.4 is 10.1 Å².